The van der Waals surface area contributed by atoms with Gasteiger partial charge in [-0.25, -0.2) is 0 Å². The molecule has 24 heavy (non-hydrogen) atoms. The van der Waals surface area contributed by atoms with Gasteiger partial charge in [0.2, 0.25) is 0 Å². The minimum atomic E-state index is -0.102. The van der Waals surface area contributed by atoms with Gasteiger partial charge in [0.25, 0.3) is 0 Å². The van der Waals surface area contributed by atoms with E-state index in [1.165, 1.54) is 5.39 Å². The number of aryl methyl sites for hydroxylation is 1. The number of benzene rings is 1. The number of carbonyl (C=O) groups is 1. The first kappa shape index (κ1) is 15.7. The van der Waals surface area contributed by atoms with Crippen LogP contribution in [-0.4, -0.2) is 29.4 Å². The molecular formula is C20H25NO3. The van der Waals surface area contributed by atoms with Crippen LogP contribution >= 0.6 is 0 Å². The van der Waals surface area contributed by atoms with Crippen LogP contribution in [0.15, 0.2) is 36.5 Å². The first-order valence-corrected chi connectivity index (χ1v) is 8.92. The highest BCUT2D eigenvalue weighted by Gasteiger charge is 2.60. The highest BCUT2D eigenvalue weighted by Crippen LogP contribution is 2.53. The second-order valence-electron chi connectivity index (χ2n) is 7.65. The molecule has 0 spiro atoms. The van der Waals surface area contributed by atoms with Crippen LogP contribution < -0.4 is 0 Å². The fourth-order valence-electron chi connectivity index (χ4n) is 4.46. The summed E-state index contributed by atoms with van der Waals surface area (Å²) in [5, 5.41) is 1.20. The molecule has 0 amide bonds. The molecule has 0 bridgehead atoms. The molecule has 0 radical (unpaired) electrons. The van der Waals surface area contributed by atoms with Gasteiger partial charge < -0.3 is 14.0 Å². The van der Waals surface area contributed by atoms with Crippen molar-refractivity contribution in [1.29, 1.82) is 0 Å². The zero-order chi connectivity index (χ0) is 16.7. The van der Waals surface area contributed by atoms with Crippen molar-refractivity contribution in [1.82, 2.24) is 4.57 Å². The van der Waals surface area contributed by atoms with Crippen LogP contribution in [0.5, 0.6) is 0 Å². The van der Waals surface area contributed by atoms with Gasteiger partial charge in [0.05, 0.1) is 12.5 Å². The Kier molecular flexibility index (Phi) is 3.87. The third kappa shape index (κ3) is 2.53. The van der Waals surface area contributed by atoms with Crippen LogP contribution in [0.2, 0.25) is 0 Å². The quantitative estimate of drug-likeness (QED) is 0.803. The number of rotatable bonds is 4. The van der Waals surface area contributed by atoms with E-state index in [4.69, 9.17) is 9.47 Å². The monoisotopic (exact) mass is 327 g/mol. The maximum absolute atomic E-state index is 12.4. The summed E-state index contributed by atoms with van der Waals surface area (Å²) in [7, 11) is 0. The van der Waals surface area contributed by atoms with Gasteiger partial charge in [-0.1, -0.05) is 32.0 Å². The van der Waals surface area contributed by atoms with Gasteiger partial charge in [-0.15, -0.1) is 0 Å². The molecule has 128 valence electrons. The minimum absolute atomic E-state index is 0.00305. The Morgan fingerprint density at radius 1 is 1.33 bits per heavy atom. The van der Waals surface area contributed by atoms with E-state index in [9.17, 15) is 4.79 Å². The largest absolute Gasteiger partial charge is 0.461 e. The average molecular weight is 327 g/mol. The molecule has 0 N–H and O–H groups in total. The van der Waals surface area contributed by atoms with Crippen molar-refractivity contribution < 1.29 is 14.3 Å². The molecule has 2 heterocycles. The number of ether oxygens (including phenoxy) is 2. The van der Waals surface area contributed by atoms with E-state index < -0.39 is 0 Å². The van der Waals surface area contributed by atoms with Crippen LogP contribution in [0.4, 0.5) is 0 Å². The molecule has 4 rings (SSSR count). The van der Waals surface area contributed by atoms with Crippen LogP contribution in [0, 0.1) is 11.3 Å². The first-order valence-electron chi connectivity index (χ1n) is 8.92. The standard InChI is InChI=1S/C20H25NO3/c1-20(2)18-15(7-5-13-23-18)19(20)24-17(22)10-12-21-11-9-14-6-3-4-8-16(14)21/h3-4,6,8-9,11,15,18-19H,5,7,10,12-13H2,1-2H3. The molecule has 1 aromatic carbocycles. The Hall–Kier alpha value is -1.81. The van der Waals surface area contributed by atoms with E-state index >= 15 is 0 Å². The van der Waals surface area contributed by atoms with Gasteiger partial charge in [-0.05, 0) is 30.4 Å². The topological polar surface area (TPSA) is 40.5 Å². The second kappa shape index (κ2) is 5.92. The van der Waals surface area contributed by atoms with E-state index in [0.29, 0.717) is 18.9 Å². The smallest absolute Gasteiger partial charge is 0.307 e. The zero-order valence-electron chi connectivity index (χ0n) is 14.4. The van der Waals surface area contributed by atoms with E-state index in [-0.39, 0.29) is 23.6 Å². The number of hydrogen-bond acceptors (Lipinski definition) is 3. The molecule has 2 aromatic rings. The summed E-state index contributed by atoms with van der Waals surface area (Å²) in [6, 6.07) is 10.3. The first-order chi connectivity index (χ1) is 11.6. The predicted molar refractivity (Wildman–Crippen MR) is 92.7 cm³/mol. The highest BCUT2D eigenvalue weighted by molar-refractivity contribution is 5.80. The summed E-state index contributed by atoms with van der Waals surface area (Å²) in [5.41, 5.74) is 1.09. The number of hydrogen-bond donors (Lipinski definition) is 0. The van der Waals surface area contributed by atoms with Crippen molar-refractivity contribution in [3.8, 4) is 0 Å². The molecular weight excluding hydrogens is 302 g/mol. The number of aromatic nitrogens is 1. The zero-order valence-corrected chi connectivity index (χ0v) is 14.4. The molecule has 3 unspecified atom stereocenters. The molecule has 4 nitrogen and oxygen atoms in total. The Balaban J connectivity index is 1.37. The Morgan fingerprint density at radius 3 is 3.04 bits per heavy atom. The Morgan fingerprint density at radius 2 is 2.17 bits per heavy atom. The number of para-hydroxylation sites is 1. The van der Waals surface area contributed by atoms with Gasteiger partial charge in [-0.2, -0.15) is 0 Å². The number of fused-ring (bicyclic) bond motifs is 2. The molecule has 1 aliphatic heterocycles. The SMILES string of the molecule is CC1(C)C2OCCCC2C1OC(=O)CCn1ccc2ccccc21. The molecule has 1 saturated carbocycles. The fourth-order valence-corrected chi connectivity index (χ4v) is 4.46. The molecule has 1 saturated heterocycles. The third-order valence-corrected chi connectivity index (χ3v) is 5.72. The summed E-state index contributed by atoms with van der Waals surface area (Å²) in [6.07, 6.45) is 4.86. The lowest BCUT2D eigenvalue weighted by atomic mass is 9.57. The van der Waals surface area contributed by atoms with Crippen LogP contribution in [-0.2, 0) is 20.8 Å². The number of esters is 1. The van der Waals surface area contributed by atoms with Crippen molar-refractivity contribution >= 4 is 16.9 Å². The van der Waals surface area contributed by atoms with Crippen LogP contribution in [0.25, 0.3) is 10.9 Å². The lowest BCUT2D eigenvalue weighted by Gasteiger charge is -2.58. The van der Waals surface area contributed by atoms with Gasteiger partial charge in [0, 0.05) is 36.2 Å². The summed E-state index contributed by atoms with van der Waals surface area (Å²) >= 11 is 0. The lowest BCUT2D eigenvalue weighted by Crippen LogP contribution is -2.65. The molecule has 3 atom stereocenters. The van der Waals surface area contributed by atoms with Crippen molar-refractivity contribution in [2.45, 2.75) is 51.9 Å². The summed E-state index contributed by atoms with van der Waals surface area (Å²) < 4.78 is 13.8. The number of carbonyl (C=O) groups excluding carboxylic acids is 1. The highest BCUT2D eigenvalue weighted by atomic mass is 16.6. The minimum Gasteiger partial charge on any atom is -0.461 e. The molecule has 2 aliphatic rings. The lowest BCUT2D eigenvalue weighted by molar-refractivity contribution is -0.254. The van der Waals surface area contributed by atoms with Crippen molar-refractivity contribution in [2.75, 3.05) is 6.61 Å². The van der Waals surface area contributed by atoms with Crippen molar-refractivity contribution in [3.63, 3.8) is 0 Å². The predicted octanol–water partition coefficient (Wildman–Crippen LogP) is 3.78. The molecule has 1 aromatic heterocycles. The maximum atomic E-state index is 12.4. The second-order valence-corrected chi connectivity index (χ2v) is 7.65. The summed E-state index contributed by atoms with van der Waals surface area (Å²) in [6.45, 7) is 5.80. The summed E-state index contributed by atoms with van der Waals surface area (Å²) in [4.78, 5) is 12.4. The van der Waals surface area contributed by atoms with Gasteiger partial charge in [0.15, 0.2) is 0 Å². The third-order valence-electron chi connectivity index (χ3n) is 5.72. The Labute approximate surface area is 142 Å². The van der Waals surface area contributed by atoms with E-state index in [2.05, 4.69) is 36.6 Å². The normalized spacial score (nSPS) is 28.2. The van der Waals surface area contributed by atoms with Crippen molar-refractivity contribution in [2.24, 2.45) is 11.3 Å². The molecule has 1 aliphatic carbocycles. The van der Waals surface area contributed by atoms with Crippen molar-refractivity contribution in [3.05, 3.63) is 36.5 Å². The van der Waals surface area contributed by atoms with E-state index in [1.54, 1.807) is 0 Å². The van der Waals surface area contributed by atoms with Crippen LogP contribution in [0.3, 0.4) is 0 Å². The van der Waals surface area contributed by atoms with E-state index in [0.717, 1.165) is 25.0 Å². The molecule has 4 heteroatoms. The van der Waals surface area contributed by atoms with Gasteiger partial charge in [-0.3, -0.25) is 4.79 Å². The Bertz CT molecular complexity index is 748. The molecule has 2 fully saturated rings. The maximum Gasteiger partial charge on any atom is 0.307 e. The van der Waals surface area contributed by atoms with E-state index in [1.807, 2.05) is 18.3 Å². The number of nitrogens with zero attached hydrogens (tertiary/aromatic N) is 1. The fraction of sp³-hybridized carbons (Fsp3) is 0.550. The van der Waals surface area contributed by atoms with Gasteiger partial charge in [0.1, 0.15) is 6.10 Å². The van der Waals surface area contributed by atoms with Gasteiger partial charge >= 0.3 is 5.97 Å². The summed E-state index contributed by atoms with van der Waals surface area (Å²) in [5.74, 6) is 0.278. The average Bonchev–Trinajstić information content (AvgIpc) is 3.01. The van der Waals surface area contributed by atoms with Crippen LogP contribution in [0.1, 0.15) is 33.1 Å².